The van der Waals surface area contributed by atoms with Gasteiger partial charge >= 0.3 is 6.03 Å². The van der Waals surface area contributed by atoms with E-state index < -0.39 is 6.03 Å². The molecule has 1 saturated heterocycles. The van der Waals surface area contributed by atoms with Crippen molar-refractivity contribution in [2.45, 2.75) is 12.3 Å². The first-order valence-electron chi connectivity index (χ1n) is 9.54. The quantitative estimate of drug-likeness (QED) is 0.443. The molecule has 0 aromatic heterocycles. The van der Waals surface area contributed by atoms with Gasteiger partial charge in [-0.05, 0) is 54.4 Å². The Balaban J connectivity index is 1.46. The minimum absolute atomic E-state index is 0.0903. The number of nitrogens with one attached hydrogen (secondary N) is 2. The zero-order chi connectivity index (χ0) is 22.0. The summed E-state index contributed by atoms with van der Waals surface area (Å²) in [5, 5.41) is 6.19. The number of thioether (sulfide) groups is 1. The lowest BCUT2D eigenvalue weighted by molar-refractivity contribution is -0.115. The minimum Gasteiger partial charge on any atom is -0.308 e. The Morgan fingerprint density at radius 3 is 2.35 bits per heavy atom. The topological polar surface area (TPSA) is 61.4 Å². The Labute approximate surface area is 194 Å². The fourth-order valence-electron chi connectivity index (χ4n) is 3.36. The van der Waals surface area contributed by atoms with Crippen LogP contribution in [0, 0.1) is 6.92 Å². The van der Waals surface area contributed by atoms with Crippen molar-refractivity contribution in [3.63, 3.8) is 0 Å². The van der Waals surface area contributed by atoms with Crippen LogP contribution < -0.4 is 15.5 Å². The summed E-state index contributed by atoms with van der Waals surface area (Å²) in [6.07, 6.45) is 0. The molecule has 1 aliphatic heterocycles. The van der Waals surface area contributed by atoms with Gasteiger partial charge in [0.25, 0.3) is 0 Å². The number of para-hydroxylation sites is 1. The zero-order valence-corrected chi connectivity index (χ0v) is 18.9. The summed E-state index contributed by atoms with van der Waals surface area (Å²) in [5.41, 5.74) is 4.15. The van der Waals surface area contributed by atoms with Crippen LogP contribution in [0.15, 0.2) is 66.7 Å². The molecule has 31 heavy (non-hydrogen) atoms. The number of amides is 3. The zero-order valence-electron chi connectivity index (χ0n) is 16.6. The molecule has 0 bridgehead atoms. The highest BCUT2D eigenvalue weighted by atomic mass is 35.5. The van der Waals surface area contributed by atoms with Crippen LogP contribution in [0.4, 0.5) is 21.9 Å². The molecule has 158 valence electrons. The third-order valence-corrected chi connectivity index (χ3v) is 6.83. The van der Waals surface area contributed by atoms with Crippen LogP contribution in [0.5, 0.6) is 0 Å². The van der Waals surface area contributed by atoms with Crippen LogP contribution >= 0.6 is 35.0 Å². The average Bonchev–Trinajstić information content (AvgIpc) is 3.13. The van der Waals surface area contributed by atoms with Crippen LogP contribution in [0.2, 0.25) is 10.0 Å². The Bertz CT molecular complexity index is 1140. The SMILES string of the molecule is Cc1ccccc1N1C(=O)CSC1c1ccc(NC(=O)Nc2ccc(Cl)c(Cl)c2)cc1. The second kappa shape index (κ2) is 9.22. The van der Waals surface area contributed by atoms with Crippen molar-refractivity contribution >= 4 is 64.0 Å². The highest BCUT2D eigenvalue weighted by molar-refractivity contribution is 8.00. The van der Waals surface area contributed by atoms with Gasteiger partial charge in [-0.2, -0.15) is 0 Å². The van der Waals surface area contributed by atoms with Crippen molar-refractivity contribution in [3.05, 3.63) is 87.9 Å². The number of hydrogen-bond acceptors (Lipinski definition) is 3. The monoisotopic (exact) mass is 471 g/mol. The summed E-state index contributed by atoms with van der Waals surface area (Å²) < 4.78 is 0. The van der Waals surface area contributed by atoms with Gasteiger partial charge in [-0.1, -0.05) is 53.5 Å². The molecular formula is C23H19Cl2N3O2S. The van der Waals surface area contributed by atoms with Gasteiger partial charge in [-0.15, -0.1) is 11.8 Å². The van der Waals surface area contributed by atoms with E-state index in [4.69, 9.17) is 23.2 Å². The maximum Gasteiger partial charge on any atom is 0.323 e. The van der Waals surface area contributed by atoms with Gasteiger partial charge in [0, 0.05) is 17.1 Å². The lowest BCUT2D eigenvalue weighted by Gasteiger charge is -2.26. The molecule has 1 heterocycles. The predicted molar refractivity (Wildman–Crippen MR) is 129 cm³/mol. The molecule has 3 amide bonds. The summed E-state index contributed by atoms with van der Waals surface area (Å²) in [6.45, 7) is 2.00. The van der Waals surface area contributed by atoms with E-state index in [1.165, 1.54) is 0 Å². The molecule has 8 heteroatoms. The van der Waals surface area contributed by atoms with Crippen molar-refractivity contribution in [2.75, 3.05) is 21.3 Å². The number of carbonyl (C=O) groups is 2. The summed E-state index contributed by atoms with van der Waals surface area (Å²) in [7, 11) is 0. The first kappa shape index (κ1) is 21.6. The third-order valence-electron chi connectivity index (χ3n) is 4.87. The standard InChI is InChI=1S/C23H19Cl2N3O2S/c1-14-4-2-3-5-20(14)28-21(29)13-31-22(28)15-6-8-16(9-7-15)26-23(30)27-17-10-11-18(24)19(25)12-17/h2-12,22H,13H2,1H3,(H2,26,27,30). The van der Waals surface area contributed by atoms with E-state index in [-0.39, 0.29) is 11.3 Å². The summed E-state index contributed by atoms with van der Waals surface area (Å²) >= 11 is 13.5. The van der Waals surface area contributed by atoms with E-state index in [1.54, 1.807) is 30.0 Å². The fraction of sp³-hybridized carbons (Fsp3) is 0.130. The van der Waals surface area contributed by atoms with Gasteiger partial charge < -0.3 is 10.6 Å². The highest BCUT2D eigenvalue weighted by Crippen LogP contribution is 2.42. The van der Waals surface area contributed by atoms with E-state index >= 15 is 0 Å². The molecule has 3 aromatic carbocycles. The van der Waals surface area contributed by atoms with E-state index in [0.29, 0.717) is 27.2 Å². The Hall–Kier alpha value is -2.67. The van der Waals surface area contributed by atoms with E-state index in [1.807, 2.05) is 60.4 Å². The molecule has 1 atom stereocenters. The van der Waals surface area contributed by atoms with Crippen molar-refractivity contribution in [1.29, 1.82) is 0 Å². The number of benzene rings is 3. The number of rotatable bonds is 4. The molecule has 1 fully saturated rings. The van der Waals surface area contributed by atoms with Crippen LogP contribution in [-0.2, 0) is 4.79 Å². The number of carbonyl (C=O) groups excluding carboxylic acids is 2. The predicted octanol–water partition coefficient (Wildman–Crippen LogP) is 6.72. The van der Waals surface area contributed by atoms with Crippen molar-refractivity contribution in [3.8, 4) is 0 Å². The second-order valence-electron chi connectivity index (χ2n) is 7.04. The smallest absolute Gasteiger partial charge is 0.308 e. The van der Waals surface area contributed by atoms with Gasteiger partial charge in [0.1, 0.15) is 5.37 Å². The van der Waals surface area contributed by atoms with Crippen LogP contribution in [0.3, 0.4) is 0 Å². The van der Waals surface area contributed by atoms with Gasteiger partial charge in [0.05, 0.1) is 15.8 Å². The number of anilines is 3. The van der Waals surface area contributed by atoms with Gasteiger partial charge in [0.15, 0.2) is 0 Å². The first-order valence-corrected chi connectivity index (χ1v) is 11.3. The van der Waals surface area contributed by atoms with Gasteiger partial charge in [-0.3, -0.25) is 9.69 Å². The van der Waals surface area contributed by atoms with Crippen molar-refractivity contribution < 1.29 is 9.59 Å². The van der Waals surface area contributed by atoms with Crippen LogP contribution in [-0.4, -0.2) is 17.7 Å². The first-order chi connectivity index (χ1) is 14.9. The minimum atomic E-state index is -0.391. The molecule has 4 rings (SSSR count). The van der Waals surface area contributed by atoms with E-state index in [9.17, 15) is 9.59 Å². The number of nitrogens with zero attached hydrogens (tertiary/aromatic N) is 1. The van der Waals surface area contributed by atoms with Gasteiger partial charge in [-0.25, -0.2) is 4.79 Å². The molecule has 1 aliphatic rings. The Kier molecular flexibility index (Phi) is 6.41. The van der Waals surface area contributed by atoms with Crippen molar-refractivity contribution in [1.82, 2.24) is 0 Å². The average molecular weight is 472 g/mol. The Morgan fingerprint density at radius 2 is 1.65 bits per heavy atom. The molecule has 1 unspecified atom stereocenters. The molecule has 0 radical (unpaired) electrons. The molecule has 0 aliphatic carbocycles. The lowest BCUT2D eigenvalue weighted by atomic mass is 10.1. The van der Waals surface area contributed by atoms with Crippen LogP contribution in [0.25, 0.3) is 0 Å². The highest BCUT2D eigenvalue weighted by Gasteiger charge is 2.34. The summed E-state index contributed by atoms with van der Waals surface area (Å²) in [5.74, 6) is 0.526. The third kappa shape index (κ3) is 4.82. The van der Waals surface area contributed by atoms with E-state index in [0.717, 1.165) is 16.8 Å². The normalized spacial score (nSPS) is 15.8. The van der Waals surface area contributed by atoms with Crippen LogP contribution in [0.1, 0.15) is 16.5 Å². The van der Waals surface area contributed by atoms with Crippen molar-refractivity contribution in [2.24, 2.45) is 0 Å². The number of urea groups is 1. The fourth-order valence-corrected chi connectivity index (χ4v) is 4.83. The van der Waals surface area contributed by atoms with Gasteiger partial charge in [0.2, 0.25) is 5.91 Å². The number of halogens is 2. The number of aryl methyl sites for hydroxylation is 1. The molecule has 3 aromatic rings. The maximum absolute atomic E-state index is 12.6. The summed E-state index contributed by atoms with van der Waals surface area (Å²) in [6, 6.07) is 19.9. The lowest BCUT2D eigenvalue weighted by Crippen LogP contribution is -2.28. The molecule has 0 saturated carbocycles. The Morgan fingerprint density at radius 1 is 0.968 bits per heavy atom. The van der Waals surface area contributed by atoms with E-state index in [2.05, 4.69) is 10.6 Å². The maximum atomic E-state index is 12.6. The summed E-state index contributed by atoms with van der Waals surface area (Å²) in [4.78, 5) is 26.7. The largest absolute Gasteiger partial charge is 0.323 e. The molecule has 2 N–H and O–H groups in total. The molecular weight excluding hydrogens is 453 g/mol. The second-order valence-corrected chi connectivity index (χ2v) is 8.93. The molecule has 5 nitrogen and oxygen atoms in total. The molecule has 0 spiro atoms. The number of hydrogen-bond donors (Lipinski definition) is 2.